The summed E-state index contributed by atoms with van der Waals surface area (Å²) in [5.41, 5.74) is 2.16. The monoisotopic (exact) mass is 316 g/mol. The molecule has 0 saturated carbocycles. The van der Waals surface area contributed by atoms with Crippen molar-refractivity contribution in [2.45, 2.75) is 6.18 Å². The zero-order valence-corrected chi connectivity index (χ0v) is 11.3. The number of hydrogen-bond acceptors (Lipinski definition) is 2. The van der Waals surface area contributed by atoms with Gasteiger partial charge in [0.05, 0.1) is 11.3 Å². The van der Waals surface area contributed by atoms with E-state index in [-0.39, 0.29) is 16.8 Å². The highest BCUT2D eigenvalue weighted by molar-refractivity contribution is 7.77. The van der Waals surface area contributed by atoms with Crippen LogP contribution in [-0.2, 0) is 17.4 Å². The number of hydrazine groups is 1. The third kappa shape index (κ3) is 3.81. The molecule has 2 aromatic rings. The third-order valence-electron chi connectivity index (χ3n) is 2.72. The van der Waals surface area contributed by atoms with Crippen LogP contribution in [0.2, 0.25) is 0 Å². The summed E-state index contributed by atoms with van der Waals surface area (Å²) >= 11 is -2.34. The summed E-state index contributed by atoms with van der Waals surface area (Å²) < 4.78 is 58.4. The minimum absolute atomic E-state index is 0.0152. The SMILES string of the molecule is O=S(O)NNc1ccccc1-c1ccccc1C(F)(F)F. The highest BCUT2D eigenvalue weighted by Crippen LogP contribution is 2.39. The summed E-state index contributed by atoms with van der Waals surface area (Å²) in [6.45, 7) is 0. The van der Waals surface area contributed by atoms with E-state index in [1.807, 2.05) is 4.83 Å². The Hall–Kier alpha value is -1.90. The van der Waals surface area contributed by atoms with Gasteiger partial charge in [0.15, 0.2) is 0 Å². The maximum atomic E-state index is 13.1. The molecule has 0 aliphatic carbocycles. The molecule has 3 N–H and O–H groups in total. The van der Waals surface area contributed by atoms with E-state index in [1.54, 1.807) is 12.1 Å². The van der Waals surface area contributed by atoms with E-state index in [1.165, 1.54) is 30.3 Å². The summed E-state index contributed by atoms with van der Waals surface area (Å²) in [5.74, 6) is 0. The molecule has 1 unspecified atom stereocenters. The van der Waals surface area contributed by atoms with Crippen molar-refractivity contribution in [1.29, 1.82) is 0 Å². The smallest absolute Gasteiger partial charge is 0.308 e. The molecule has 0 aliphatic heterocycles. The summed E-state index contributed by atoms with van der Waals surface area (Å²) in [6.07, 6.45) is -4.49. The van der Waals surface area contributed by atoms with Crippen molar-refractivity contribution in [2.75, 3.05) is 5.43 Å². The van der Waals surface area contributed by atoms with E-state index in [4.69, 9.17) is 4.55 Å². The summed E-state index contributed by atoms with van der Waals surface area (Å²) in [7, 11) is 0. The quantitative estimate of drug-likeness (QED) is 0.598. The summed E-state index contributed by atoms with van der Waals surface area (Å²) in [6, 6.07) is 11.3. The van der Waals surface area contributed by atoms with Crippen molar-refractivity contribution in [2.24, 2.45) is 0 Å². The highest BCUT2D eigenvalue weighted by atomic mass is 32.2. The van der Waals surface area contributed by atoms with Gasteiger partial charge < -0.3 is 5.43 Å². The van der Waals surface area contributed by atoms with Crippen molar-refractivity contribution in [1.82, 2.24) is 4.83 Å². The fraction of sp³-hybridized carbons (Fsp3) is 0.0769. The fourth-order valence-electron chi connectivity index (χ4n) is 1.89. The molecule has 1 atom stereocenters. The molecule has 0 heterocycles. The Morgan fingerprint density at radius 1 is 0.952 bits per heavy atom. The molecule has 0 fully saturated rings. The number of para-hydroxylation sites is 1. The topological polar surface area (TPSA) is 61.4 Å². The first-order valence-electron chi connectivity index (χ1n) is 5.78. The molecule has 0 aromatic heterocycles. The van der Waals surface area contributed by atoms with Crippen LogP contribution in [0.5, 0.6) is 0 Å². The summed E-state index contributed by atoms with van der Waals surface area (Å²) in [4.78, 5) is 2.03. The van der Waals surface area contributed by atoms with Gasteiger partial charge in [-0.15, -0.1) is 4.83 Å². The first-order chi connectivity index (χ1) is 9.89. The molecule has 0 saturated heterocycles. The molecule has 2 aromatic carbocycles. The molecule has 0 spiro atoms. The van der Waals surface area contributed by atoms with Gasteiger partial charge in [-0.2, -0.15) is 13.2 Å². The zero-order valence-electron chi connectivity index (χ0n) is 10.5. The number of hydrogen-bond donors (Lipinski definition) is 3. The number of halogens is 3. The second-order valence-corrected chi connectivity index (χ2v) is 4.77. The number of benzene rings is 2. The molecular formula is C13H11F3N2O2S. The lowest BCUT2D eigenvalue weighted by Crippen LogP contribution is -2.23. The maximum Gasteiger partial charge on any atom is 0.417 e. The predicted molar refractivity (Wildman–Crippen MR) is 74.4 cm³/mol. The van der Waals surface area contributed by atoms with E-state index in [0.29, 0.717) is 0 Å². The van der Waals surface area contributed by atoms with Crippen molar-refractivity contribution < 1.29 is 21.9 Å². The fourth-order valence-corrected chi connectivity index (χ4v) is 2.09. The van der Waals surface area contributed by atoms with Crippen LogP contribution in [-0.4, -0.2) is 8.76 Å². The molecular weight excluding hydrogens is 305 g/mol. The normalized spacial score (nSPS) is 13.0. The van der Waals surface area contributed by atoms with Gasteiger partial charge in [0.1, 0.15) is 0 Å². The van der Waals surface area contributed by atoms with Crippen molar-refractivity contribution in [3.63, 3.8) is 0 Å². The Balaban J connectivity index is 2.50. The maximum absolute atomic E-state index is 13.1. The molecule has 4 nitrogen and oxygen atoms in total. The van der Waals surface area contributed by atoms with Crippen LogP contribution in [0.1, 0.15) is 5.56 Å². The van der Waals surface area contributed by atoms with Gasteiger partial charge in [-0.25, -0.2) is 4.21 Å². The average molecular weight is 316 g/mol. The molecule has 0 bridgehead atoms. The van der Waals surface area contributed by atoms with Gasteiger partial charge in [0.2, 0.25) is 11.3 Å². The minimum atomic E-state index is -4.49. The van der Waals surface area contributed by atoms with Crippen molar-refractivity contribution in [3.8, 4) is 11.1 Å². The van der Waals surface area contributed by atoms with Gasteiger partial charge in [-0.3, -0.25) is 4.55 Å². The van der Waals surface area contributed by atoms with E-state index in [0.717, 1.165) is 6.07 Å². The summed E-state index contributed by atoms with van der Waals surface area (Å²) in [5, 5.41) is 0. The third-order valence-corrected chi connectivity index (χ3v) is 3.00. The molecule has 0 radical (unpaired) electrons. The Morgan fingerprint density at radius 2 is 1.52 bits per heavy atom. The Kier molecular flexibility index (Phi) is 4.61. The number of rotatable bonds is 4. The largest absolute Gasteiger partial charge is 0.417 e. The minimum Gasteiger partial charge on any atom is -0.308 e. The standard InChI is InChI=1S/C13H11F3N2O2S/c14-13(15,16)11-7-3-1-5-9(11)10-6-2-4-8-12(10)17-18-21(19)20/h1-8,17-18H,(H,19,20). The van der Waals surface area contributed by atoms with Crippen LogP contribution < -0.4 is 10.3 Å². The van der Waals surface area contributed by atoms with Gasteiger partial charge in [0.25, 0.3) is 0 Å². The lowest BCUT2D eigenvalue weighted by molar-refractivity contribution is -0.137. The Morgan fingerprint density at radius 3 is 2.14 bits per heavy atom. The Labute approximate surface area is 121 Å². The average Bonchev–Trinajstić information content (AvgIpc) is 2.44. The highest BCUT2D eigenvalue weighted by Gasteiger charge is 2.33. The molecule has 0 aliphatic rings. The van der Waals surface area contributed by atoms with E-state index in [2.05, 4.69) is 5.43 Å². The molecule has 0 amide bonds. The van der Waals surface area contributed by atoms with Crippen LogP contribution in [0.25, 0.3) is 11.1 Å². The molecule has 8 heteroatoms. The van der Waals surface area contributed by atoms with Gasteiger partial charge in [0, 0.05) is 5.56 Å². The Bertz CT molecular complexity index is 662. The van der Waals surface area contributed by atoms with Crippen LogP contribution >= 0.6 is 0 Å². The van der Waals surface area contributed by atoms with Gasteiger partial charge >= 0.3 is 6.18 Å². The van der Waals surface area contributed by atoms with Crippen LogP contribution in [0.4, 0.5) is 18.9 Å². The second-order valence-electron chi connectivity index (χ2n) is 4.07. The number of anilines is 1. The van der Waals surface area contributed by atoms with Crippen molar-refractivity contribution in [3.05, 3.63) is 54.1 Å². The van der Waals surface area contributed by atoms with E-state index >= 15 is 0 Å². The van der Waals surface area contributed by atoms with E-state index < -0.39 is 23.0 Å². The number of nitrogens with one attached hydrogen (secondary N) is 2. The van der Waals surface area contributed by atoms with Gasteiger partial charge in [-0.1, -0.05) is 36.4 Å². The molecule has 2 rings (SSSR count). The second kappa shape index (κ2) is 6.25. The lowest BCUT2D eigenvalue weighted by atomic mass is 9.98. The predicted octanol–water partition coefficient (Wildman–Crippen LogP) is 3.43. The van der Waals surface area contributed by atoms with Gasteiger partial charge in [-0.05, 0) is 17.7 Å². The molecule has 112 valence electrons. The van der Waals surface area contributed by atoms with E-state index in [9.17, 15) is 17.4 Å². The lowest BCUT2D eigenvalue weighted by Gasteiger charge is -2.16. The van der Waals surface area contributed by atoms with Crippen LogP contribution in [0, 0.1) is 0 Å². The first kappa shape index (κ1) is 15.5. The van der Waals surface area contributed by atoms with Crippen LogP contribution in [0.15, 0.2) is 48.5 Å². The first-order valence-corrected chi connectivity index (χ1v) is 6.88. The zero-order chi connectivity index (χ0) is 15.5. The van der Waals surface area contributed by atoms with Crippen molar-refractivity contribution >= 4 is 17.0 Å². The number of alkyl halides is 3. The van der Waals surface area contributed by atoms with Crippen LogP contribution in [0.3, 0.4) is 0 Å². The molecule has 21 heavy (non-hydrogen) atoms.